The lowest BCUT2D eigenvalue weighted by Crippen LogP contribution is -2.48. The second kappa shape index (κ2) is 8.65. The molecule has 3 atom stereocenters. The van der Waals surface area contributed by atoms with Crippen LogP contribution in [0.25, 0.3) is 0 Å². The summed E-state index contributed by atoms with van der Waals surface area (Å²) in [5.74, 6) is 2.04. The van der Waals surface area contributed by atoms with E-state index in [1.165, 1.54) is 44.5 Å². The summed E-state index contributed by atoms with van der Waals surface area (Å²) < 4.78 is 0. The number of thioether (sulfide) groups is 1. The van der Waals surface area contributed by atoms with Crippen LogP contribution in [0.1, 0.15) is 53.4 Å². The molecular formula is C17H36N2S. The van der Waals surface area contributed by atoms with Gasteiger partial charge >= 0.3 is 0 Å². The number of hydrogen-bond donors (Lipinski definition) is 1. The Kier molecular flexibility index (Phi) is 7.92. The van der Waals surface area contributed by atoms with Gasteiger partial charge in [-0.1, -0.05) is 20.8 Å². The number of hydrogen-bond acceptors (Lipinski definition) is 3. The van der Waals surface area contributed by atoms with Gasteiger partial charge in [-0.25, -0.2) is 0 Å². The second-order valence-corrected chi connectivity index (χ2v) is 8.38. The Morgan fingerprint density at radius 1 is 1.40 bits per heavy atom. The van der Waals surface area contributed by atoms with E-state index >= 15 is 0 Å². The average Bonchev–Trinajstić information content (AvgIpc) is 2.37. The lowest BCUT2D eigenvalue weighted by Gasteiger charge is -2.43. The molecule has 0 amide bonds. The normalized spacial score (nSPS) is 27.8. The molecule has 3 unspecified atom stereocenters. The highest BCUT2D eigenvalue weighted by Gasteiger charge is 2.35. The van der Waals surface area contributed by atoms with Gasteiger partial charge in [0.2, 0.25) is 0 Å². The van der Waals surface area contributed by atoms with Gasteiger partial charge in [-0.3, -0.25) is 0 Å². The standard InChI is InChI=1S/C17H36N2S/c1-7-10-18-16-8-9-17(3,4)11-15(16)12-19(5)14(2)13-20-6/h14-16,18H,7-13H2,1-6H3. The monoisotopic (exact) mass is 300 g/mol. The molecule has 0 aromatic carbocycles. The second-order valence-electron chi connectivity index (χ2n) is 7.47. The van der Waals surface area contributed by atoms with Crippen molar-refractivity contribution in [3.8, 4) is 0 Å². The van der Waals surface area contributed by atoms with Gasteiger partial charge in [0, 0.05) is 24.4 Å². The van der Waals surface area contributed by atoms with Gasteiger partial charge in [-0.05, 0) is 63.8 Å². The van der Waals surface area contributed by atoms with Crippen molar-refractivity contribution in [3.63, 3.8) is 0 Å². The van der Waals surface area contributed by atoms with Crippen molar-refractivity contribution >= 4 is 11.8 Å². The summed E-state index contributed by atoms with van der Waals surface area (Å²) in [5.41, 5.74) is 0.526. The van der Waals surface area contributed by atoms with Crippen molar-refractivity contribution in [2.24, 2.45) is 11.3 Å². The van der Waals surface area contributed by atoms with Crippen LogP contribution in [-0.4, -0.2) is 49.1 Å². The van der Waals surface area contributed by atoms with E-state index < -0.39 is 0 Å². The van der Waals surface area contributed by atoms with Gasteiger partial charge in [0.25, 0.3) is 0 Å². The highest BCUT2D eigenvalue weighted by atomic mass is 32.2. The zero-order valence-corrected chi connectivity index (χ0v) is 15.4. The van der Waals surface area contributed by atoms with Gasteiger partial charge in [-0.2, -0.15) is 11.8 Å². The molecule has 0 aliphatic heterocycles. The molecule has 0 radical (unpaired) electrons. The summed E-state index contributed by atoms with van der Waals surface area (Å²) in [6.07, 6.45) is 7.53. The fourth-order valence-corrected chi connectivity index (χ4v) is 4.18. The van der Waals surface area contributed by atoms with Gasteiger partial charge < -0.3 is 10.2 Å². The van der Waals surface area contributed by atoms with E-state index in [2.05, 4.69) is 51.2 Å². The third-order valence-corrected chi connectivity index (χ3v) is 5.67. The molecule has 1 N–H and O–H groups in total. The van der Waals surface area contributed by atoms with Crippen molar-refractivity contribution in [2.45, 2.75) is 65.5 Å². The quantitative estimate of drug-likeness (QED) is 0.732. The van der Waals surface area contributed by atoms with Crippen LogP contribution >= 0.6 is 11.8 Å². The SMILES string of the molecule is CCCNC1CCC(C)(C)CC1CN(C)C(C)CSC. The molecule has 0 aromatic heterocycles. The maximum atomic E-state index is 3.80. The van der Waals surface area contributed by atoms with E-state index in [-0.39, 0.29) is 0 Å². The molecule has 0 saturated heterocycles. The zero-order chi connectivity index (χ0) is 15.2. The number of nitrogens with one attached hydrogen (secondary N) is 1. The topological polar surface area (TPSA) is 15.3 Å². The number of rotatable bonds is 8. The Morgan fingerprint density at radius 3 is 2.70 bits per heavy atom. The Labute approximate surface area is 131 Å². The zero-order valence-electron chi connectivity index (χ0n) is 14.5. The third kappa shape index (κ3) is 5.95. The van der Waals surface area contributed by atoms with E-state index in [0.29, 0.717) is 11.5 Å². The first-order valence-corrected chi connectivity index (χ1v) is 9.71. The molecule has 1 aliphatic rings. The molecule has 1 aliphatic carbocycles. The summed E-state index contributed by atoms with van der Waals surface area (Å²) in [6.45, 7) is 11.9. The Bertz CT molecular complexity index is 268. The molecule has 2 nitrogen and oxygen atoms in total. The minimum atomic E-state index is 0.526. The summed E-state index contributed by atoms with van der Waals surface area (Å²) >= 11 is 1.96. The fraction of sp³-hybridized carbons (Fsp3) is 1.00. The van der Waals surface area contributed by atoms with Crippen LogP contribution in [0.2, 0.25) is 0 Å². The first-order valence-electron chi connectivity index (χ1n) is 8.32. The minimum Gasteiger partial charge on any atom is -0.314 e. The van der Waals surface area contributed by atoms with Gasteiger partial charge in [0.05, 0.1) is 0 Å². The predicted molar refractivity (Wildman–Crippen MR) is 93.7 cm³/mol. The van der Waals surface area contributed by atoms with Crippen molar-refractivity contribution in [2.75, 3.05) is 32.1 Å². The van der Waals surface area contributed by atoms with Gasteiger partial charge in [0.15, 0.2) is 0 Å². The summed E-state index contributed by atoms with van der Waals surface area (Å²) in [4.78, 5) is 2.57. The molecule has 3 heteroatoms. The molecule has 0 aromatic rings. The minimum absolute atomic E-state index is 0.526. The Morgan fingerprint density at radius 2 is 2.10 bits per heavy atom. The van der Waals surface area contributed by atoms with Gasteiger partial charge in [-0.15, -0.1) is 0 Å². The van der Waals surface area contributed by atoms with E-state index in [4.69, 9.17) is 0 Å². The lowest BCUT2D eigenvalue weighted by atomic mass is 9.69. The predicted octanol–water partition coefficient (Wildman–Crippen LogP) is 3.86. The molecule has 120 valence electrons. The first kappa shape index (κ1) is 18.3. The van der Waals surface area contributed by atoms with E-state index in [1.807, 2.05) is 11.8 Å². The highest BCUT2D eigenvalue weighted by Crippen LogP contribution is 2.39. The van der Waals surface area contributed by atoms with Crippen molar-refractivity contribution in [1.82, 2.24) is 10.2 Å². The van der Waals surface area contributed by atoms with Crippen molar-refractivity contribution < 1.29 is 0 Å². The maximum Gasteiger partial charge on any atom is 0.0155 e. The van der Waals surface area contributed by atoms with Crippen LogP contribution in [0.5, 0.6) is 0 Å². The van der Waals surface area contributed by atoms with Crippen molar-refractivity contribution in [3.05, 3.63) is 0 Å². The fourth-order valence-electron chi connectivity index (χ4n) is 3.44. The summed E-state index contributed by atoms with van der Waals surface area (Å²) in [7, 11) is 2.30. The van der Waals surface area contributed by atoms with Crippen LogP contribution in [0.3, 0.4) is 0 Å². The Balaban J connectivity index is 2.58. The molecule has 1 rings (SSSR count). The average molecular weight is 301 g/mol. The van der Waals surface area contributed by atoms with Crippen LogP contribution in [0, 0.1) is 11.3 Å². The van der Waals surface area contributed by atoms with Crippen LogP contribution in [0.4, 0.5) is 0 Å². The molecule has 0 heterocycles. The maximum absolute atomic E-state index is 3.80. The molecule has 1 saturated carbocycles. The third-order valence-electron chi connectivity index (χ3n) is 4.86. The molecular weight excluding hydrogens is 264 g/mol. The molecule has 1 fully saturated rings. The highest BCUT2D eigenvalue weighted by molar-refractivity contribution is 7.98. The van der Waals surface area contributed by atoms with Crippen LogP contribution in [-0.2, 0) is 0 Å². The number of nitrogens with zero attached hydrogens (tertiary/aromatic N) is 1. The first-order chi connectivity index (χ1) is 9.39. The van der Waals surface area contributed by atoms with E-state index in [9.17, 15) is 0 Å². The van der Waals surface area contributed by atoms with Gasteiger partial charge in [0.1, 0.15) is 0 Å². The molecule has 20 heavy (non-hydrogen) atoms. The lowest BCUT2D eigenvalue weighted by molar-refractivity contribution is 0.0999. The molecule has 0 bridgehead atoms. The Hall–Kier alpha value is 0.270. The van der Waals surface area contributed by atoms with Crippen LogP contribution < -0.4 is 5.32 Å². The smallest absolute Gasteiger partial charge is 0.0155 e. The van der Waals surface area contributed by atoms with E-state index in [0.717, 1.165) is 12.0 Å². The summed E-state index contributed by atoms with van der Waals surface area (Å²) in [5, 5.41) is 3.80. The van der Waals surface area contributed by atoms with E-state index in [1.54, 1.807) is 0 Å². The van der Waals surface area contributed by atoms with Crippen molar-refractivity contribution in [1.29, 1.82) is 0 Å². The largest absolute Gasteiger partial charge is 0.314 e. The molecule has 0 spiro atoms. The summed E-state index contributed by atoms with van der Waals surface area (Å²) in [6, 6.07) is 1.41. The van der Waals surface area contributed by atoms with Crippen LogP contribution in [0.15, 0.2) is 0 Å².